The SMILES string of the molecule is O=C(NC1CC1)C1CCCN1S(=O)(=O)c1cccnc1Cl. The van der Waals surface area contributed by atoms with E-state index >= 15 is 0 Å². The molecular weight excluding hydrogens is 314 g/mol. The van der Waals surface area contributed by atoms with Crippen LogP contribution in [-0.4, -0.2) is 42.2 Å². The van der Waals surface area contributed by atoms with Crippen LogP contribution in [0.2, 0.25) is 5.15 Å². The molecule has 0 aromatic carbocycles. The van der Waals surface area contributed by atoms with Gasteiger partial charge in [0.05, 0.1) is 0 Å². The first kappa shape index (κ1) is 14.7. The van der Waals surface area contributed by atoms with Crippen LogP contribution in [0.5, 0.6) is 0 Å². The lowest BCUT2D eigenvalue weighted by molar-refractivity contribution is -0.124. The van der Waals surface area contributed by atoms with E-state index in [9.17, 15) is 13.2 Å². The van der Waals surface area contributed by atoms with Crippen molar-refractivity contribution in [3.8, 4) is 0 Å². The number of nitrogens with one attached hydrogen (secondary N) is 1. The quantitative estimate of drug-likeness (QED) is 0.841. The molecule has 2 aliphatic rings. The van der Waals surface area contributed by atoms with Crippen LogP contribution in [0.3, 0.4) is 0 Å². The maximum atomic E-state index is 12.7. The molecule has 1 saturated carbocycles. The van der Waals surface area contributed by atoms with Crippen molar-refractivity contribution in [3.63, 3.8) is 0 Å². The average Bonchev–Trinajstić information content (AvgIpc) is 3.10. The lowest BCUT2D eigenvalue weighted by Gasteiger charge is -2.23. The Kier molecular flexibility index (Phi) is 3.90. The zero-order valence-corrected chi connectivity index (χ0v) is 12.9. The van der Waals surface area contributed by atoms with Gasteiger partial charge in [0, 0.05) is 18.8 Å². The fourth-order valence-corrected chi connectivity index (χ4v) is 4.59. The van der Waals surface area contributed by atoms with E-state index in [1.807, 2.05) is 0 Å². The van der Waals surface area contributed by atoms with Gasteiger partial charge in [0.25, 0.3) is 0 Å². The number of nitrogens with zero attached hydrogens (tertiary/aromatic N) is 2. The molecule has 8 heteroatoms. The highest BCUT2D eigenvalue weighted by Gasteiger charge is 2.41. The van der Waals surface area contributed by atoms with E-state index in [0.717, 1.165) is 12.8 Å². The van der Waals surface area contributed by atoms with Crippen LogP contribution in [-0.2, 0) is 14.8 Å². The maximum absolute atomic E-state index is 12.7. The first-order valence-corrected chi connectivity index (χ1v) is 8.74. The third-order valence-corrected chi connectivity index (χ3v) is 6.09. The van der Waals surface area contributed by atoms with Crippen molar-refractivity contribution in [1.29, 1.82) is 0 Å². The van der Waals surface area contributed by atoms with Gasteiger partial charge in [-0.1, -0.05) is 11.6 Å². The Bertz CT molecular complexity index is 660. The highest BCUT2D eigenvalue weighted by Crippen LogP contribution is 2.29. The van der Waals surface area contributed by atoms with Crippen molar-refractivity contribution < 1.29 is 13.2 Å². The molecule has 1 amide bonds. The number of aromatic nitrogens is 1. The van der Waals surface area contributed by atoms with Crippen LogP contribution >= 0.6 is 11.6 Å². The monoisotopic (exact) mass is 329 g/mol. The molecule has 0 bridgehead atoms. The van der Waals surface area contributed by atoms with Crippen molar-refractivity contribution in [3.05, 3.63) is 23.5 Å². The van der Waals surface area contributed by atoms with Crippen molar-refractivity contribution in [2.24, 2.45) is 0 Å². The summed E-state index contributed by atoms with van der Waals surface area (Å²) >= 11 is 5.89. The fourth-order valence-electron chi connectivity index (χ4n) is 2.50. The largest absolute Gasteiger partial charge is 0.352 e. The van der Waals surface area contributed by atoms with Gasteiger partial charge < -0.3 is 5.32 Å². The van der Waals surface area contributed by atoms with E-state index in [-0.39, 0.29) is 22.0 Å². The van der Waals surface area contributed by atoms with Crippen LogP contribution in [0.4, 0.5) is 0 Å². The van der Waals surface area contributed by atoms with E-state index in [1.54, 1.807) is 0 Å². The Labute approximate surface area is 128 Å². The number of pyridine rings is 1. The number of rotatable bonds is 4. The molecule has 0 radical (unpaired) electrons. The van der Waals surface area contributed by atoms with E-state index in [2.05, 4.69) is 10.3 Å². The van der Waals surface area contributed by atoms with E-state index in [1.165, 1.54) is 22.6 Å². The van der Waals surface area contributed by atoms with Gasteiger partial charge in [-0.2, -0.15) is 4.31 Å². The molecule has 1 aromatic heterocycles. The Balaban J connectivity index is 1.86. The standard InChI is InChI=1S/C13H16ClN3O3S/c14-12-11(4-1-7-15-12)21(19,20)17-8-2-3-10(17)13(18)16-9-5-6-9/h1,4,7,9-10H,2-3,5-6,8H2,(H,16,18). The summed E-state index contributed by atoms with van der Waals surface area (Å²) in [6.07, 6.45) is 4.58. The summed E-state index contributed by atoms with van der Waals surface area (Å²) in [5, 5.41) is 2.81. The third kappa shape index (κ3) is 2.90. The van der Waals surface area contributed by atoms with Gasteiger partial charge in [0.15, 0.2) is 0 Å². The molecule has 1 atom stereocenters. The lowest BCUT2D eigenvalue weighted by atomic mass is 10.2. The summed E-state index contributed by atoms with van der Waals surface area (Å²) in [6.45, 7) is 0.330. The fraction of sp³-hybridized carbons (Fsp3) is 0.538. The van der Waals surface area contributed by atoms with Gasteiger partial charge >= 0.3 is 0 Å². The molecule has 3 rings (SSSR count). The molecular formula is C13H16ClN3O3S. The summed E-state index contributed by atoms with van der Waals surface area (Å²) in [4.78, 5) is 16.0. The minimum Gasteiger partial charge on any atom is -0.352 e. The Morgan fingerprint density at radius 3 is 2.81 bits per heavy atom. The lowest BCUT2D eigenvalue weighted by Crippen LogP contribution is -2.46. The van der Waals surface area contributed by atoms with Crippen molar-refractivity contribution in [2.75, 3.05) is 6.54 Å². The van der Waals surface area contributed by atoms with Gasteiger partial charge in [-0.25, -0.2) is 13.4 Å². The minimum atomic E-state index is -3.80. The van der Waals surface area contributed by atoms with Crippen LogP contribution in [0.25, 0.3) is 0 Å². The molecule has 114 valence electrons. The molecule has 2 heterocycles. The molecule has 0 spiro atoms. The number of hydrogen-bond donors (Lipinski definition) is 1. The molecule has 1 aliphatic carbocycles. The predicted molar refractivity (Wildman–Crippen MR) is 77.3 cm³/mol. The highest BCUT2D eigenvalue weighted by atomic mass is 35.5. The summed E-state index contributed by atoms with van der Waals surface area (Å²) in [6, 6.07) is 2.50. The van der Waals surface area contributed by atoms with Crippen LogP contribution < -0.4 is 5.32 Å². The van der Waals surface area contributed by atoms with Crippen molar-refractivity contribution in [1.82, 2.24) is 14.6 Å². The zero-order chi connectivity index (χ0) is 15.0. The molecule has 2 fully saturated rings. The molecule has 1 N–H and O–H groups in total. The van der Waals surface area contributed by atoms with Crippen LogP contribution in [0, 0.1) is 0 Å². The average molecular weight is 330 g/mol. The Hall–Kier alpha value is -1.18. The van der Waals surface area contributed by atoms with Crippen LogP contribution in [0.15, 0.2) is 23.2 Å². The number of halogens is 1. The zero-order valence-electron chi connectivity index (χ0n) is 11.3. The number of sulfonamides is 1. The topological polar surface area (TPSA) is 79.4 Å². The first-order valence-electron chi connectivity index (χ1n) is 6.93. The van der Waals surface area contributed by atoms with Crippen molar-refractivity contribution >= 4 is 27.5 Å². The summed E-state index contributed by atoms with van der Waals surface area (Å²) in [5.41, 5.74) is 0. The molecule has 1 saturated heterocycles. The number of carbonyl (C=O) groups is 1. The second-order valence-corrected chi connectivity index (χ2v) is 7.57. The molecule has 6 nitrogen and oxygen atoms in total. The first-order chi connectivity index (χ1) is 10.00. The molecule has 1 aliphatic heterocycles. The number of amides is 1. The van der Waals surface area contributed by atoms with E-state index in [0.29, 0.717) is 19.4 Å². The third-order valence-electron chi connectivity index (χ3n) is 3.74. The Morgan fingerprint density at radius 1 is 1.38 bits per heavy atom. The molecule has 1 unspecified atom stereocenters. The second-order valence-electron chi connectivity index (χ2n) is 5.35. The molecule has 1 aromatic rings. The van der Waals surface area contributed by atoms with Gasteiger partial charge in [-0.15, -0.1) is 0 Å². The summed E-state index contributed by atoms with van der Waals surface area (Å²) in [5.74, 6) is -0.210. The normalized spacial score (nSPS) is 23.2. The van der Waals surface area contributed by atoms with Gasteiger partial charge in [0.1, 0.15) is 16.1 Å². The smallest absolute Gasteiger partial charge is 0.246 e. The number of hydrogen-bond acceptors (Lipinski definition) is 4. The minimum absolute atomic E-state index is 0.0437. The highest BCUT2D eigenvalue weighted by molar-refractivity contribution is 7.89. The number of carbonyl (C=O) groups excluding carboxylic acids is 1. The maximum Gasteiger partial charge on any atom is 0.246 e. The van der Waals surface area contributed by atoms with E-state index in [4.69, 9.17) is 11.6 Å². The van der Waals surface area contributed by atoms with Gasteiger partial charge in [0.2, 0.25) is 15.9 Å². The van der Waals surface area contributed by atoms with Gasteiger partial charge in [-0.3, -0.25) is 4.79 Å². The summed E-state index contributed by atoms with van der Waals surface area (Å²) < 4.78 is 26.6. The van der Waals surface area contributed by atoms with Gasteiger partial charge in [-0.05, 0) is 37.8 Å². The van der Waals surface area contributed by atoms with E-state index < -0.39 is 16.1 Å². The second kappa shape index (κ2) is 5.55. The van der Waals surface area contributed by atoms with Crippen LogP contribution in [0.1, 0.15) is 25.7 Å². The summed E-state index contributed by atoms with van der Waals surface area (Å²) in [7, 11) is -3.80. The predicted octanol–water partition coefficient (Wildman–Crippen LogP) is 1.17. The van der Waals surface area contributed by atoms with Crippen molar-refractivity contribution in [2.45, 2.75) is 42.7 Å². The Morgan fingerprint density at radius 2 is 2.14 bits per heavy atom. The molecule has 21 heavy (non-hydrogen) atoms.